The number of halogens is 2. The van der Waals surface area contributed by atoms with Crippen molar-refractivity contribution in [1.29, 1.82) is 0 Å². The molecule has 2 N–H and O–H groups in total. The van der Waals surface area contributed by atoms with Crippen LogP contribution in [0.2, 0.25) is 10.0 Å². The molecular formula is C17H18Cl2N2O3S. The lowest BCUT2D eigenvalue weighted by Crippen LogP contribution is -2.45. The summed E-state index contributed by atoms with van der Waals surface area (Å²) in [6.45, 7) is 3.25. The lowest BCUT2D eigenvalue weighted by molar-refractivity contribution is -0.123. The van der Waals surface area contributed by atoms with Gasteiger partial charge in [-0.15, -0.1) is 0 Å². The Bertz CT molecular complexity index is 854. The Balaban J connectivity index is 2.05. The van der Waals surface area contributed by atoms with Crippen molar-refractivity contribution in [3.05, 3.63) is 64.1 Å². The van der Waals surface area contributed by atoms with Gasteiger partial charge in [0, 0.05) is 10.0 Å². The van der Waals surface area contributed by atoms with Crippen LogP contribution in [0, 0.1) is 0 Å². The van der Waals surface area contributed by atoms with Crippen molar-refractivity contribution in [3.63, 3.8) is 0 Å². The largest absolute Gasteiger partial charge is 0.348 e. The van der Waals surface area contributed by atoms with E-state index in [4.69, 9.17) is 23.2 Å². The normalized spacial score (nSPS) is 13.9. The molecule has 0 radical (unpaired) electrons. The molecule has 2 unspecified atom stereocenters. The fourth-order valence-electron chi connectivity index (χ4n) is 2.21. The van der Waals surface area contributed by atoms with Gasteiger partial charge in [-0.25, -0.2) is 8.42 Å². The van der Waals surface area contributed by atoms with Crippen LogP contribution in [0.4, 0.5) is 0 Å². The SMILES string of the molecule is CC(NS(=O)(=O)c1ccc(Cl)cc1)C(=O)NC(C)c1ccccc1Cl. The zero-order valence-corrected chi connectivity index (χ0v) is 16.0. The molecule has 25 heavy (non-hydrogen) atoms. The van der Waals surface area contributed by atoms with Crippen molar-refractivity contribution >= 4 is 39.1 Å². The second kappa shape index (κ2) is 8.19. The quantitative estimate of drug-likeness (QED) is 0.778. The molecule has 2 aromatic rings. The van der Waals surface area contributed by atoms with Crippen LogP contribution in [0.15, 0.2) is 53.4 Å². The summed E-state index contributed by atoms with van der Waals surface area (Å²) in [6, 6.07) is 11.5. The molecule has 5 nitrogen and oxygen atoms in total. The van der Waals surface area contributed by atoms with Gasteiger partial charge in [0.15, 0.2) is 0 Å². The first-order chi connectivity index (χ1) is 11.7. The number of carbonyl (C=O) groups is 1. The van der Waals surface area contributed by atoms with Gasteiger partial charge in [0.1, 0.15) is 0 Å². The maximum absolute atomic E-state index is 12.3. The smallest absolute Gasteiger partial charge is 0.241 e. The highest BCUT2D eigenvalue weighted by atomic mass is 35.5. The Morgan fingerprint density at radius 3 is 2.20 bits per heavy atom. The summed E-state index contributed by atoms with van der Waals surface area (Å²) in [4.78, 5) is 12.3. The van der Waals surface area contributed by atoms with E-state index < -0.39 is 22.0 Å². The Kier molecular flexibility index (Phi) is 6.46. The minimum absolute atomic E-state index is 0.0377. The summed E-state index contributed by atoms with van der Waals surface area (Å²) in [5, 5.41) is 3.71. The summed E-state index contributed by atoms with van der Waals surface area (Å²) in [7, 11) is -3.83. The Morgan fingerprint density at radius 1 is 1.00 bits per heavy atom. The van der Waals surface area contributed by atoms with E-state index in [2.05, 4.69) is 10.0 Å². The molecule has 0 saturated carbocycles. The van der Waals surface area contributed by atoms with Crippen molar-refractivity contribution in [2.75, 3.05) is 0 Å². The van der Waals surface area contributed by atoms with Gasteiger partial charge in [0.05, 0.1) is 17.0 Å². The molecule has 0 fully saturated rings. The van der Waals surface area contributed by atoms with Crippen molar-refractivity contribution in [3.8, 4) is 0 Å². The number of hydrogen-bond acceptors (Lipinski definition) is 3. The number of benzene rings is 2. The average molecular weight is 401 g/mol. The van der Waals surface area contributed by atoms with E-state index in [-0.39, 0.29) is 10.9 Å². The van der Waals surface area contributed by atoms with Gasteiger partial charge in [0.2, 0.25) is 15.9 Å². The fraction of sp³-hybridized carbons (Fsp3) is 0.235. The molecule has 1 amide bonds. The maximum atomic E-state index is 12.3. The summed E-state index contributed by atoms with van der Waals surface area (Å²) >= 11 is 11.9. The zero-order valence-electron chi connectivity index (χ0n) is 13.7. The molecule has 0 aliphatic carbocycles. The summed E-state index contributed by atoms with van der Waals surface area (Å²) in [5.74, 6) is -0.454. The second-order valence-electron chi connectivity index (χ2n) is 5.55. The van der Waals surface area contributed by atoms with Gasteiger partial charge >= 0.3 is 0 Å². The highest BCUT2D eigenvalue weighted by Crippen LogP contribution is 2.22. The molecule has 2 atom stereocenters. The molecule has 0 saturated heterocycles. The highest BCUT2D eigenvalue weighted by Gasteiger charge is 2.23. The molecule has 0 aliphatic heterocycles. The first-order valence-electron chi connectivity index (χ1n) is 7.53. The molecule has 2 rings (SSSR count). The van der Waals surface area contributed by atoms with Gasteiger partial charge < -0.3 is 5.32 Å². The zero-order chi connectivity index (χ0) is 18.6. The first-order valence-corrected chi connectivity index (χ1v) is 9.77. The molecule has 0 bridgehead atoms. The van der Waals surface area contributed by atoms with Crippen LogP contribution in [-0.4, -0.2) is 20.4 Å². The van der Waals surface area contributed by atoms with Crippen LogP contribution in [-0.2, 0) is 14.8 Å². The molecule has 134 valence electrons. The molecule has 0 spiro atoms. The Labute approximate surface area is 157 Å². The van der Waals surface area contributed by atoms with Crippen molar-refractivity contribution in [2.45, 2.75) is 30.8 Å². The van der Waals surface area contributed by atoms with E-state index in [9.17, 15) is 13.2 Å². The van der Waals surface area contributed by atoms with Gasteiger partial charge in [-0.1, -0.05) is 41.4 Å². The third-order valence-corrected chi connectivity index (χ3v) is 5.73. The van der Waals surface area contributed by atoms with E-state index in [1.54, 1.807) is 25.1 Å². The molecule has 8 heteroatoms. The minimum atomic E-state index is -3.83. The molecule has 2 aromatic carbocycles. The molecule has 0 aromatic heterocycles. The maximum Gasteiger partial charge on any atom is 0.241 e. The minimum Gasteiger partial charge on any atom is -0.348 e. The van der Waals surface area contributed by atoms with E-state index in [0.29, 0.717) is 10.0 Å². The fourth-order valence-corrected chi connectivity index (χ4v) is 3.84. The number of sulfonamides is 1. The van der Waals surface area contributed by atoms with Crippen LogP contribution >= 0.6 is 23.2 Å². The van der Waals surface area contributed by atoms with Crippen LogP contribution in [0.1, 0.15) is 25.5 Å². The lowest BCUT2D eigenvalue weighted by atomic mass is 10.1. The van der Waals surface area contributed by atoms with Crippen LogP contribution in [0.5, 0.6) is 0 Å². The molecular weight excluding hydrogens is 383 g/mol. The van der Waals surface area contributed by atoms with Gasteiger partial charge in [-0.3, -0.25) is 4.79 Å². The molecule has 0 heterocycles. The second-order valence-corrected chi connectivity index (χ2v) is 8.11. The number of nitrogens with one attached hydrogen (secondary N) is 2. The van der Waals surface area contributed by atoms with Crippen molar-refractivity contribution in [1.82, 2.24) is 10.0 Å². The highest BCUT2D eigenvalue weighted by molar-refractivity contribution is 7.89. The van der Waals surface area contributed by atoms with Crippen LogP contribution in [0.3, 0.4) is 0 Å². The van der Waals surface area contributed by atoms with Crippen molar-refractivity contribution < 1.29 is 13.2 Å². The number of hydrogen-bond donors (Lipinski definition) is 2. The summed E-state index contributed by atoms with van der Waals surface area (Å²) in [6.07, 6.45) is 0. The summed E-state index contributed by atoms with van der Waals surface area (Å²) in [5.41, 5.74) is 0.755. The Hall–Kier alpha value is -1.60. The summed E-state index contributed by atoms with van der Waals surface area (Å²) < 4.78 is 27.0. The third-order valence-electron chi connectivity index (χ3n) is 3.58. The van der Waals surface area contributed by atoms with E-state index >= 15 is 0 Å². The van der Waals surface area contributed by atoms with Crippen molar-refractivity contribution in [2.24, 2.45) is 0 Å². The standard InChI is InChI=1S/C17H18Cl2N2O3S/c1-11(15-5-3-4-6-16(15)19)20-17(22)12(2)21-25(23,24)14-9-7-13(18)8-10-14/h3-12,21H,1-2H3,(H,20,22). The molecule has 0 aliphatic rings. The van der Waals surface area contributed by atoms with E-state index in [0.717, 1.165) is 5.56 Å². The van der Waals surface area contributed by atoms with Gasteiger partial charge in [0.25, 0.3) is 0 Å². The van der Waals surface area contributed by atoms with Gasteiger partial charge in [-0.05, 0) is 49.7 Å². The number of carbonyl (C=O) groups excluding carboxylic acids is 1. The predicted octanol–water partition coefficient (Wildman–Crippen LogP) is 3.54. The van der Waals surface area contributed by atoms with Crippen LogP contribution < -0.4 is 10.0 Å². The lowest BCUT2D eigenvalue weighted by Gasteiger charge is -2.19. The van der Waals surface area contributed by atoms with E-state index in [1.165, 1.54) is 31.2 Å². The monoisotopic (exact) mass is 400 g/mol. The Morgan fingerprint density at radius 2 is 1.60 bits per heavy atom. The number of rotatable bonds is 6. The van der Waals surface area contributed by atoms with E-state index in [1.807, 2.05) is 6.07 Å². The topological polar surface area (TPSA) is 75.3 Å². The first kappa shape index (κ1) is 19.7. The number of amides is 1. The predicted molar refractivity (Wildman–Crippen MR) is 99.2 cm³/mol. The average Bonchev–Trinajstić information content (AvgIpc) is 2.55. The van der Waals surface area contributed by atoms with Gasteiger partial charge in [-0.2, -0.15) is 4.72 Å². The van der Waals surface area contributed by atoms with Crippen LogP contribution in [0.25, 0.3) is 0 Å². The third kappa shape index (κ3) is 5.19.